The van der Waals surface area contributed by atoms with E-state index < -0.39 is 0 Å². The van der Waals surface area contributed by atoms with Crippen molar-refractivity contribution in [2.24, 2.45) is 11.7 Å². The summed E-state index contributed by atoms with van der Waals surface area (Å²) in [6, 6.07) is 0.329. The van der Waals surface area contributed by atoms with Gasteiger partial charge in [0.2, 0.25) is 0 Å². The first-order valence-electron chi connectivity index (χ1n) is 7.10. The summed E-state index contributed by atoms with van der Waals surface area (Å²) in [6.07, 6.45) is 12.3. The van der Waals surface area contributed by atoms with E-state index in [2.05, 4.69) is 19.1 Å². The van der Waals surface area contributed by atoms with Gasteiger partial charge >= 0.3 is 0 Å². The fourth-order valence-electron chi connectivity index (χ4n) is 2.24. The predicted molar refractivity (Wildman–Crippen MR) is 76.1 cm³/mol. The predicted octanol–water partition coefficient (Wildman–Crippen LogP) is 3.70. The van der Waals surface area contributed by atoms with E-state index in [0.29, 0.717) is 6.04 Å². The van der Waals surface area contributed by atoms with Gasteiger partial charge in [0.15, 0.2) is 0 Å². The van der Waals surface area contributed by atoms with Gasteiger partial charge in [0, 0.05) is 6.04 Å². The maximum absolute atomic E-state index is 6.02. The SMILES string of the molecule is C/C=C(\C=C/C1=C(C)CCC(N)C1)OCC1CC1. The van der Waals surface area contributed by atoms with Gasteiger partial charge in [-0.1, -0.05) is 11.6 Å². The molecule has 0 aromatic carbocycles. The second-order valence-corrected chi connectivity index (χ2v) is 5.59. The van der Waals surface area contributed by atoms with Gasteiger partial charge in [-0.15, -0.1) is 0 Å². The summed E-state index contributed by atoms with van der Waals surface area (Å²) < 4.78 is 5.79. The summed E-state index contributed by atoms with van der Waals surface area (Å²) in [6.45, 7) is 5.12. The van der Waals surface area contributed by atoms with Crippen LogP contribution < -0.4 is 5.73 Å². The lowest BCUT2D eigenvalue weighted by Crippen LogP contribution is -2.23. The molecule has 18 heavy (non-hydrogen) atoms. The Hall–Kier alpha value is -1.02. The zero-order valence-electron chi connectivity index (χ0n) is 11.6. The molecule has 1 fully saturated rings. The van der Waals surface area contributed by atoms with Crippen molar-refractivity contribution in [2.45, 2.75) is 52.0 Å². The van der Waals surface area contributed by atoms with E-state index >= 15 is 0 Å². The van der Waals surface area contributed by atoms with Crippen LogP contribution in [0.25, 0.3) is 0 Å². The number of hydrogen-bond acceptors (Lipinski definition) is 2. The van der Waals surface area contributed by atoms with Crippen molar-refractivity contribution >= 4 is 0 Å². The van der Waals surface area contributed by atoms with Crippen molar-refractivity contribution in [3.8, 4) is 0 Å². The van der Waals surface area contributed by atoms with E-state index in [1.807, 2.05) is 13.0 Å². The van der Waals surface area contributed by atoms with Gasteiger partial charge in [-0.25, -0.2) is 0 Å². The third-order valence-corrected chi connectivity index (χ3v) is 3.84. The van der Waals surface area contributed by atoms with Crippen LogP contribution in [0.1, 0.15) is 46.0 Å². The Labute approximate surface area is 111 Å². The average Bonchev–Trinajstić information content (AvgIpc) is 3.17. The molecule has 2 rings (SSSR count). The van der Waals surface area contributed by atoms with Crippen LogP contribution in [0.3, 0.4) is 0 Å². The summed E-state index contributed by atoms with van der Waals surface area (Å²) in [5.74, 6) is 1.79. The molecule has 2 N–H and O–H groups in total. The van der Waals surface area contributed by atoms with Crippen molar-refractivity contribution in [1.29, 1.82) is 0 Å². The van der Waals surface area contributed by atoms with E-state index in [4.69, 9.17) is 10.5 Å². The first-order valence-corrected chi connectivity index (χ1v) is 7.10. The van der Waals surface area contributed by atoms with E-state index in [0.717, 1.165) is 37.5 Å². The molecular formula is C16H25NO. The molecule has 2 aliphatic carbocycles. The molecular weight excluding hydrogens is 222 g/mol. The number of rotatable bonds is 5. The highest BCUT2D eigenvalue weighted by molar-refractivity contribution is 5.31. The second-order valence-electron chi connectivity index (χ2n) is 5.59. The van der Waals surface area contributed by atoms with E-state index in [-0.39, 0.29) is 0 Å². The van der Waals surface area contributed by atoms with Crippen LogP contribution in [0, 0.1) is 5.92 Å². The zero-order chi connectivity index (χ0) is 13.0. The highest BCUT2D eigenvalue weighted by atomic mass is 16.5. The van der Waals surface area contributed by atoms with Crippen LogP contribution in [-0.2, 0) is 4.74 Å². The maximum Gasteiger partial charge on any atom is 0.115 e. The van der Waals surface area contributed by atoms with Gasteiger partial charge < -0.3 is 10.5 Å². The van der Waals surface area contributed by atoms with E-state index in [1.165, 1.54) is 24.0 Å². The zero-order valence-corrected chi connectivity index (χ0v) is 11.6. The normalized spacial score (nSPS) is 25.9. The van der Waals surface area contributed by atoms with Gasteiger partial charge in [-0.05, 0) is 69.6 Å². The van der Waals surface area contributed by atoms with Gasteiger partial charge in [0.25, 0.3) is 0 Å². The molecule has 0 aromatic heterocycles. The maximum atomic E-state index is 6.02. The Bertz CT molecular complexity index is 375. The summed E-state index contributed by atoms with van der Waals surface area (Å²) >= 11 is 0. The molecule has 100 valence electrons. The lowest BCUT2D eigenvalue weighted by molar-refractivity contribution is 0.210. The monoisotopic (exact) mass is 247 g/mol. The van der Waals surface area contributed by atoms with Gasteiger partial charge in [0.05, 0.1) is 6.61 Å². The molecule has 0 bridgehead atoms. The van der Waals surface area contributed by atoms with Gasteiger partial charge in [-0.2, -0.15) is 0 Å². The van der Waals surface area contributed by atoms with Crippen molar-refractivity contribution in [1.82, 2.24) is 0 Å². The smallest absolute Gasteiger partial charge is 0.115 e. The van der Waals surface area contributed by atoms with Crippen molar-refractivity contribution in [3.63, 3.8) is 0 Å². The molecule has 0 radical (unpaired) electrons. The van der Waals surface area contributed by atoms with Crippen LogP contribution in [0.5, 0.6) is 0 Å². The Morgan fingerprint density at radius 3 is 2.83 bits per heavy atom. The molecule has 1 saturated carbocycles. The standard InChI is InChI=1S/C16H25NO/c1-3-16(18-11-13-5-6-13)9-7-14-10-15(17)8-4-12(14)2/h3,7,9,13,15H,4-6,8,10-11,17H2,1-2H3/b9-7-,16-3+. The minimum absolute atomic E-state index is 0.329. The van der Waals surface area contributed by atoms with E-state index in [1.54, 1.807) is 0 Å². The fraction of sp³-hybridized carbons (Fsp3) is 0.625. The van der Waals surface area contributed by atoms with Crippen LogP contribution >= 0.6 is 0 Å². The molecule has 0 aliphatic heterocycles. The molecule has 0 spiro atoms. The molecule has 2 aliphatic rings. The Balaban J connectivity index is 1.90. The molecule has 1 unspecified atom stereocenters. The van der Waals surface area contributed by atoms with Crippen molar-refractivity contribution < 1.29 is 4.74 Å². The average molecular weight is 247 g/mol. The number of hydrogen-bond donors (Lipinski definition) is 1. The summed E-state index contributed by atoms with van der Waals surface area (Å²) in [5, 5.41) is 0. The van der Waals surface area contributed by atoms with Crippen molar-refractivity contribution in [3.05, 3.63) is 35.1 Å². The van der Waals surface area contributed by atoms with Crippen LogP contribution in [0.4, 0.5) is 0 Å². The fourth-order valence-corrected chi connectivity index (χ4v) is 2.24. The summed E-state index contributed by atoms with van der Waals surface area (Å²) in [7, 11) is 0. The molecule has 2 nitrogen and oxygen atoms in total. The van der Waals surface area contributed by atoms with Crippen LogP contribution in [0.15, 0.2) is 35.1 Å². The minimum Gasteiger partial charge on any atom is -0.494 e. The van der Waals surface area contributed by atoms with Crippen LogP contribution in [0.2, 0.25) is 0 Å². The highest BCUT2D eigenvalue weighted by Crippen LogP contribution is 2.30. The molecule has 1 atom stereocenters. The molecule has 2 heteroatoms. The lowest BCUT2D eigenvalue weighted by Gasteiger charge is -2.21. The van der Waals surface area contributed by atoms with Gasteiger partial charge in [0.1, 0.15) is 5.76 Å². The van der Waals surface area contributed by atoms with Crippen LogP contribution in [-0.4, -0.2) is 12.6 Å². The molecule has 0 aromatic rings. The second kappa shape index (κ2) is 6.24. The molecule has 0 saturated heterocycles. The lowest BCUT2D eigenvalue weighted by atomic mass is 9.89. The topological polar surface area (TPSA) is 35.2 Å². The van der Waals surface area contributed by atoms with Crippen molar-refractivity contribution in [2.75, 3.05) is 6.61 Å². The quantitative estimate of drug-likeness (QED) is 0.594. The third kappa shape index (κ3) is 4.02. The Morgan fingerprint density at radius 2 is 2.17 bits per heavy atom. The molecule has 0 amide bonds. The highest BCUT2D eigenvalue weighted by Gasteiger charge is 2.21. The number of allylic oxidation sites excluding steroid dienone is 4. The minimum atomic E-state index is 0.329. The van der Waals surface area contributed by atoms with Gasteiger partial charge in [-0.3, -0.25) is 0 Å². The molecule has 0 heterocycles. The Kier molecular flexibility index (Phi) is 4.65. The van der Waals surface area contributed by atoms with E-state index in [9.17, 15) is 0 Å². The third-order valence-electron chi connectivity index (χ3n) is 3.84. The summed E-state index contributed by atoms with van der Waals surface area (Å²) in [5.41, 5.74) is 8.89. The first-order chi connectivity index (χ1) is 8.69. The first kappa shape index (κ1) is 13.4. The summed E-state index contributed by atoms with van der Waals surface area (Å²) in [4.78, 5) is 0. The largest absolute Gasteiger partial charge is 0.494 e. The number of nitrogens with two attached hydrogens (primary N) is 1. The Morgan fingerprint density at radius 1 is 1.39 bits per heavy atom. The number of ether oxygens (including phenoxy) is 1.